The fraction of sp³-hybridized carbons (Fsp3) is 0.528. The normalized spacial score (nSPS) is 24.0. The van der Waals surface area contributed by atoms with Crippen molar-refractivity contribution in [3.63, 3.8) is 0 Å². The van der Waals surface area contributed by atoms with Crippen molar-refractivity contribution >= 4 is 68.9 Å². The summed E-state index contributed by atoms with van der Waals surface area (Å²) in [6.07, 6.45) is 9.51. The van der Waals surface area contributed by atoms with Gasteiger partial charge in [-0.25, -0.2) is 4.79 Å². The van der Waals surface area contributed by atoms with Gasteiger partial charge in [-0.15, -0.1) is 0 Å². The molecule has 0 saturated carbocycles. The van der Waals surface area contributed by atoms with E-state index in [0.29, 0.717) is 49.4 Å². The van der Waals surface area contributed by atoms with E-state index in [1.54, 1.807) is 55.5 Å². The summed E-state index contributed by atoms with van der Waals surface area (Å²) in [6.45, 7) is 9.99. The van der Waals surface area contributed by atoms with Crippen LogP contribution < -0.4 is 31.9 Å². The molecule has 398 valence electrons. The average molecular weight is 1080 g/mol. The molecule has 0 radical (unpaired) electrons. The Kier molecular flexibility index (Phi) is 23.1. The lowest BCUT2D eigenvalue weighted by atomic mass is 9.87. The summed E-state index contributed by atoms with van der Waals surface area (Å²) in [7, 11) is 0. The zero-order valence-corrected chi connectivity index (χ0v) is 43.8. The highest BCUT2D eigenvalue weighted by atomic mass is 79.9. The van der Waals surface area contributed by atoms with Crippen molar-refractivity contribution in [2.45, 2.75) is 147 Å². The van der Waals surface area contributed by atoms with Gasteiger partial charge in [-0.05, 0) is 93.8 Å². The number of anilines is 2. The SMILES string of the molecule is CC(=O)O[C@@H](C)/C=C\C(=O)N[C@@H]1C[C@H](C)[C@H](C/C=C(C)/C=C/[C@H]2O[C@H](CC(=O)NCc3ccc(NC(=O)OCc4ccc(NC(=O)CNC(=O)CCCCCNC(=O)CBr)cc4)cc3)C[C@@]3(CO3)[C@@H]2O)O[C@@H]1C. The van der Waals surface area contributed by atoms with Crippen LogP contribution in [0.1, 0.15) is 97.1 Å². The second-order valence-electron chi connectivity index (χ2n) is 18.8. The number of hydrogen-bond acceptors (Lipinski definition) is 13. The molecule has 20 heteroatoms. The highest BCUT2D eigenvalue weighted by Crippen LogP contribution is 2.43. The third-order valence-electron chi connectivity index (χ3n) is 12.6. The van der Waals surface area contributed by atoms with Gasteiger partial charge in [0.05, 0.1) is 49.3 Å². The monoisotopic (exact) mass is 1080 g/mol. The fourth-order valence-electron chi connectivity index (χ4n) is 8.39. The molecule has 3 fully saturated rings. The third kappa shape index (κ3) is 20.5. The zero-order valence-electron chi connectivity index (χ0n) is 42.2. The number of rotatable bonds is 25. The number of allylic oxidation sites excluding steroid dienone is 2. The summed E-state index contributed by atoms with van der Waals surface area (Å²) >= 11 is 3.09. The molecule has 3 aliphatic rings. The Morgan fingerprint density at radius 2 is 1.55 bits per heavy atom. The van der Waals surface area contributed by atoms with Crippen LogP contribution in [0, 0.1) is 5.92 Å². The summed E-state index contributed by atoms with van der Waals surface area (Å²) in [4.78, 5) is 85.0. The number of epoxide rings is 1. The first kappa shape index (κ1) is 58.0. The van der Waals surface area contributed by atoms with Crippen molar-refractivity contribution in [2.75, 3.05) is 35.7 Å². The van der Waals surface area contributed by atoms with E-state index in [0.717, 1.165) is 30.4 Å². The molecule has 2 aromatic carbocycles. The molecule has 3 aliphatic heterocycles. The molecule has 1 spiro atoms. The van der Waals surface area contributed by atoms with Crippen molar-refractivity contribution < 1.29 is 62.4 Å². The van der Waals surface area contributed by atoms with Crippen LogP contribution in [0.5, 0.6) is 0 Å². The van der Waals surface area contributed by atoms with Crippen molar-refractivity contribution in [1.29, 1.82) is 0 Å². The maximum Gasteiger partial charge on any atom is 0.411 e. The molecule has 3 saturated heterocycles. The molecule has 19 nitrogen and oxygen atoms in total. The van der Waals surface area contributed by atoms with Gasteiger partial charge in [0.25, 0.3) is 0 Å². The van der Waals surface area contributed by atoms with Crippen molar-refractivity contribution in [3.8, 4) is 0 Å². The molecule has 73 heavy (non-hydrogen) atoms. The van der Waals surface area contributed by atoms with Crippen LogP contribution in [0.2, 0.25) is 0 Å². The van der Waals surface area contributed by atoms with Crippen LogP contribution >= 0.6 is 15.9 Å². The Hall–Kier alpha value is -5.93. The number of ether oxygens (including phenoxy) is 5. The van der Waals surface area contributed by atoms with Crippen molar-refractivity contribution in [2.24, 2.45) is 5.92 Å². The minimum atomic E-state index is -0.892. The van der Waals surface area contributed by atoms with E-state index >= 15 is 0 Å². The number of aliphatic hydroxyl groups excluding tert-OH is 1. The number of amides is 6. The van der Waals surface area contributed by atoms with Crippen LogP contribution in [0.3, 0.4) is 0 Å². The average Bonchev–Trinajstić information content (AvgIpc) is 4.13. The van der Waals surface area contributed by atoms with Gasteiger partial charge in [0.1, 0.15) is 30.5 Å². The van der Waals surface area contributed by atoms with Crippen LogP contribution in [-0.2, 0) is 65.6 Å². The third-order valence-corrected chi connectivity index (χ3v) is 13.1. The number of aliphatic hydroxyl groups is 1. The summed E-state index contributed by atoms with van der Waals surface area (Å²) in [5, 5.41) is 28.1. The molecule has 7 N–H and O–H groups in total. The number of unbranched alkanes of at least 4 members (excludes halogenated alkanes) is 2. The van der Waals surface area contributed by atoms with E-state index in [1.165, 1.54) is 19.1 Å². The molecular formula is C53H71BrN6O13. The summed E-state index contributed by atoms with van der Waals surface area (Å²) in [6, 6.07) is 13.5. The predicted octanol–water partition coefficient (Wildman–Crippen LogP) is 5.55. The number of halogens is 1. The fourth-order valence-corrected chi connectivity index (χ4v) is 8.59. The second-order valence-corrected chi connectivity index (χ2v) is 19.4. The van der Waals surface area contributed by atoms with Crippen LogP contribution in [0.15, 0.2) is 84.5 Å². The van der Waals surface area contributed by atoms with Crippen molar-refractivity contribution in [3.05, 3.63) is 95.6 Å². The molecule has 0 aliphatic carbocycles. The maximum absolute atomic E-state index is 13.1. The Balaban J connectivity index is 0.967. The van der Waals surface area contributed by atoms with Gasteiger partial charge in [0, 0.05) is 50.3 Å². The van der Waals surface area contributed by atoms with Gasteiger partial charge in [-0.1, -0.05) is 77.3 Å². The second kappa shape index (κ2) is 29.1. The van der Waals surface area contributed by atoms with Gasteiger partial charge < -0.3 is 55.4 Å². The number of carbonyl (C=O) groups is 7. The van der Waals surface area contributed by atoms with E-state index in [4.69, 9.17) is 23.7 Å². The van der Waals surface area contributed by atoms with E-state index in [2.05, 4.69) is 60.8 Å². The number of alkyl halides is 1. The number of carbonyl (C=O) groups excluding carboxylic acids is 7. The summed E-state index contributed by atoms with van der Waals surface area (Å²) in [5.41, 5.74) is 2.71. The van der Waals surface area contributed by atoms with E-state index < -0.39 is 42.1 Å². The smallest absolute Gasteiger partial charge is 0.411 e. The molecule has 5 rings (SSSR count). The van der Waals surface area contributed by atoms with E-state index in [-0.39, 0.29) is 91.6 Å². The van der Waals surface area contributed by atoms with Crippen LogP contribution in [-0.4, -0.2) is 120 Å². The minimum Gasteiger partial charge on any atom is -0.459 e. The number of esters is 1. The Morgan fingerprint density at radius 3 is 2.23 bits per heavy atom. The van der Waals surface area contributed by atoms with Gasteiger partial charge >= 0.3 is 12.1 Å². The van der Waals surface area contributed by atoms with E-state index in [9.17, 15) is 38.7 Å². The number of nitrogens with one attached hydrogen (secondary N) is 6. The predicted molar refractivity (Wildman–Crippen MR) is 276 cm³/mol. The standard InChI is InChI=1S/C53H71BrN6O13/c1-33(10-21-44-34(2)25-43(36(4)72-44)60-47(63)23-12-35(3)71-37(5)61)11-22-45-51(67)53(32-70-53)27-42(73-45)26-48(64)56-29-38-13-17-41(18-14-38)59-52(68)69-31-39-15-19-40(20-16-39)58-50(66)30-57-46(62)9-7-6-8-24-55-49(65)28-54/h10-20,22-23,34-36,42-45,51,67H,6-9,21,24-32H2,1-5H3,(H,55,65)(H,56,64)(H,57,62)(H,58,66)(H,59,68)(H,60,63)/b22-11+,23-12-,33-10+/t34-,35-,36+,42+,43+,44-,45+,51+,53+/m0/s1. The van der Waals surface area contributed by atoms with Gasteiger partial charge in [-0.3, -0.25) is 34.1 Å². The van der Waals surface area contributed by atoms with Crippen molar-refractivity contribution in [1.82, 2.24) is 21.3 Å². The Labute approximate surface area is 435 Å². The Morgan fingerprint density at radius 1 is 0.849 bits per heavy atom. The van der Waals surface area contributed by atoms with Gasteiger partial charge in [0.2, 0.25) is 29.5 Å². The van der Waals surface area contributed by atoms with Gasteiger partial charge in [-0.2, -0.15) is 0 Å². The minimum absolute atomic E-state index is 0.0163. The lowest BCUT2D eigenvalue weighted by Crippen LogP contribution is -2.50. The van der Waals surface area contributed by atoms with E-state index in [1.807, 2.05) is 26.0 Å². The molecule has 3 heterocycles. The van der Waals surface area contributed by atoms with Gasteiger partial charge in [0.15, 0.2) is 0 Å². The Bertz CT molecular complexity index is 2290. The molecule has 2 aromatic rings. The first-order valence-electron chi connectivity index (χ1n) is 24.8. The highest BCUT2D eigenvalue weighted by Gasteiger charge is 2.58. The lowest BCUT2D eigenvalue weighted by molar-refractivity contribution is -0.145. The maximum atomic E-state index is 13.1. The van der Waals surface area contributed by atoms with Crippen LogP contribution in [0.25, 0.3) is 0 Å². The lowest BCUT2D eigenvalue weighted by Gasteiger charge is -2.39. The molecule has 0 aromatic heterocycles. The quantitative estimate of drug-likeness (QED) is 0.0161. The topological polar surface area (TPSA) is 261 Å². The highest BCUT2D eigenvalue weighted by molar-refractivity contribution is 9.09. The molecule has 6 amide bonds. The molecule has 0 bridgehead atoms. The summed E-state index contributed by atoms with van der Waals surface area (Å²) < 4.78 is 28.7. The first-order valence-corrected chi connectivity index (χ1v) is 25.9. The summed E-state index contributed by atoms with van der Waals surface area (Å²) in [5.74, 6) is -1.44. The largest absolute Gasteiger partial charge is 0.459 e. The zero-order chi connectivity index (χ0) is 52.9. The molecule has 0 unspecified atom stereocenters. The molecular weight excluding hydrogens is 1010 g/mol. The molecule has 9 atom stereocenters. The van der Waals surface area contributed by atoms with Crippen LogP contribution in [0.4, 0.5) is 16.2 Å². The first-order chi connectivity index (χ1) is 34.9. The number of hydrogen-bond donors (Lipinski definition) is 7. The number of benzene rings is 2.